The lowest BCUT2D eigenvalue weighted by Gasteiger charge is -2.28. The van der Waals surface area contributed by atoms with Gasteiger partial charge < -0.3 is 0 Å². The van der Waals surface area contributed by atoms with Gasteiger partial charge in [0.15, 0.2) is 0 Å². The maximum Gasteiger partial charge on any atom is 0.0568 e. The monoisotopic (exact) mass is 400 g/mol. The van der Waals surface area contributed by atoms with Crippen LogP contribution in [-0.4, -0.2) is 12.4 Å². The molecule has 1 fully saturated rings. The van der Waals surface area contributed by atoms with Gasteiger partial charge in [0.05, 0.1) is 12.4 Å². The highest BCUT2D eigenvalue weighted by molar-refractivity contribution is 5.82. The highest BCUT2D eigenvalue weighted by Crippen LogP contribution is 2.37. The van der Waals surface area contributed by atoms with E-state index in [-0.39, 0.29) is 0 Å². The van der Waals surface area contributed by atoms with Crippen LogP contribution in [0.1, 0.15) is 86.5 Å². The molecule has 0 aromatic heterocycles. The number of benzene rings is 2. The van der Waals surface area contributed by atoms with Gasteiger partial charge in [0.2, 0.25) is 0 Å². The van der Waals surface area contributed by atoms with Gasteiger partial charge >= 0.3 is 0 Å². The van der Waals surface area contributed by atoms with Crippen LogP contribution in [0.5, 0.6) is 0 Å². The summed E-state index contributed by atoms with van der Waals surface area (Å²) in [6, 6.07) is 17.4. The van der Waals surface area contributed by atoms with E-state index >= 15 is 0 Å². The van der Waals surface area contributed by atoms with Crippen molar-refractivity contribution in [1.29, 1.82) is 0 Å². The van der Waals surface area contributed by atoms with E-state index in [2.05, 4.69) is 72.2 Å². The summed E-state index contributed by atoms with van der Waals surface area (Å²) in [5.41, 5.74) is 4.98. The van der Waals surface area contributed by atoms with Gasteiger partial charge in [0.25, 0.3) is 0 Å². The summed E-state index contributed by atoms with van der Waals surface area (Å²) in [5, 5.41) is 8.42. The summed E-state index contributed by atoms with van der Waals surface area (Å²) in [5.74, 6) is 1.70. The molecule has 2 nitrogen and oxygen atoms in total. The van der Waals surface area contributed by atoms with E-state index in [1.165, 1.54) is 56.1 Å². The molecule has 1 aliphatic rings. The molecule has 1 saturated carbocycles. The van der Waals surface area contributed by atoms with Crippen molar-refractivity contribution in [1.82, 2.24) is 0 Å². The van der Waals surface area contributed by atoms with Crippen LogP contribution < -0.4 is 0 Å². The van der Waals surface area contributed by atoms with E-state index in [1.54, 1.807) is 6.21 Å². The fourth-order valence-corrected chi connectivity index (χ4v) is 4.37. The maximum atomic E-state index is 4.22. The van der Waals surface area contributed by atoms with Crippen molar-refractivity contribution in [3.63, 3.8) is 0 Å². The van der Waals surface area contributed by atoms with Gasteiger partial charge in [-0.15, -0.1) is 6.58 Å². The zero-order chi connectivity index (χ0) is 21.0. The molecule has 0 saturated heterocycles. The second kappa shape index (κ2) is 12.3. The topological polar surface area (TPSA) is 24.7 Å². The quantitative estimate of drug-likeness (QED) is 0.221. The predicted octanol–water partition coefficient (Wildman–Crippen LogP) is 7.72. The second-order valence-corrected chi connectivity index (χ2v) is 8.58. The lowest BCUT2D eigenvalue weighted by Crippen LogP contribution is -2.13. The summed E-state index contributed by atoms with van der Waals surface area (Å²) in [6.07, 6.45) is 17.3. The molecule has 0 bridgehead atoms. The van der Waals surface area contributed by atoms with Gasteiger partial charge in [-0.3, -0.25) is 0 Å². The first-order valence-electron chi connectivity index (χ1n) is 11.6. The van der Waals surface area contributed by atoms with Gasteiger partial charge in [0, 0.05) is 0 Å². The minimum Gasteiger partial charge on any atom is -0.159 e. The van der Waals surface area contributed by atoms with Gasteiger partial charge in [0.1, 0.15) is 0 Å². The molecule has 158 valence electrons. The average molecular weight is 401 g/mol. The summed E-state index contributed by atoms with van der Waals surface area (Å²) in [7, 11) is 0. The molecular formula is C28H36N2. The van der Waals surface area contributed by atoms with Gasteiger partial charge in [-0.25, -0.2) is 0 Å². The van der Waals surface area contributed by atoms with E-state index in [4.69, 9.17) is 0 Å². The van der Waals surface area contributed by atoms with Crippen LogP contribution in [0.4, 0.5) is 0 Å². The number of unbranched alkanes of at least 4 members (excludes halogenated alkanes) is 1. The fraction of sp³-hybridized carbons (Fsp3) is 0.429. The highest BCUT2D eigenvalue weighted by atomic mass is 15.2. The summed E-state index contributed by atoms with van der Waals surface area (Å²) < 4.78 is 0. The van der Waals surface area contributed by atoms with Crippen LogP contribution in [0.3, 0.4) is 0 Å². The third kappa shape index (κ3) is 7.09. The molecule has 3 rings (SSSR count). The normalized spacial score (nSPS) is 19.5. The van der Waals surface area contributed by atoms with E-state index in [9.17, 15) is 0 Å². The molecule has 2 heteroatoms. The first kappa shape index (κ1) is 22.2. The Hall–Kier alpha value is -2.48. The molecule has 2 aromatic carbocycles. The molecule has 0 aliphatic heterocycles. The van der Waals surface area contributed by atoms with Crippen molar-refractivity contribution in [2.45, 2.75) is 70.6 Å². The number of hydrogen-bond donors (Lipinski definition) is 0. The molecule has 0 N–H and O–H groups in total. The zero-order valence-corrected chi connectivity index (χ0v) is 18.5. The first-order chi connectivity index (χ1) is 14.8. The third-order valence-electron chi connectivity index (χ3n) is 6.32. The molecule has 30 heavy (non-hydrogen) atoms. The van der Waals surface area contributed by atoms with E-state index in [0.29, 0.717) is 0 Å². The molecule has 2 aromatic rings. The van der Waals surface area contributed by atoms with E-state index in [0.717, 1.165) is 35.8 Å². The molecule has 0 spiro atoms. The van der Waals surface area contributed by atoms with Crippen LogP contribution in [0.25, 0.3) is 0 Å². The van der Waals surface area contributed by atoms with Crippen LogP contribution in [0.2, 0.25) is 0 Å². The number of allylic oxidation sites excluding steroid dienone is 1. The Morgan fingerprint density at radius 3 is 2.03 bits per heavy atom. The molecule has 1 aliphatic carbocycles. The molecule has 0 heterocycles. The van der Waals surface area contributed by atoms with Crippen LogP contribution in [0, 0.1) is 5.92 Å². The predicted molar refractivity (Wildman–Crippen MR) is 131 cm³/mol. The van der Waals surface area contributed by atoms with Crippen molar-refractivity contribution in [3.8, 4) is 0 Å². The van der Waals surface area contributed by atoms with Crippen molar-refractivity contribution in [2.75, 3.05) is 0 Å². The lowest BCUT2D eigenvalue weighted by molar-refractivity contribution is 0.304. The minimum absolute atomic E-state index is 0.737. The largest absolute Gasteiger partial charge is 0.159 e. The molecule has 0 radical (unpaired) electrons. The Labute approximate surface area is 182 Å². The second-order valence-electron chi connectivity index (χ2n) is 8.58. The lowest BCUT2D eigenvalue weighted by atomic mass is 9.77. The number of rotatable bonds is 10. The Morgan fingerprint density at radius 2 is 1.47 bits per heavy atom. The molecule has 0 unspecified atom stereocenters. The zero-order valence-electron chi connectivity index (χ0n) is 18.5. The minimum atomic E-state index is 0.737. The van der Waals surface area contributed by atoms with Crippen molar-refractivity contribution in [2.24, 2.45) is 16.1 Å². The Balaban J connectivity index is 1.46. The fourth-order valence-electron chi connectivity index (χ4n) is 4.37. The number of hydrogen-bond acceptors (Lipinski definition) is 2. The smallest absolute Gasteiger partial charge is 0.0568 e. The Kier molecular flexibility index (Phi) is 9.08. The summed E-state index contributed by atoms with van der Waals surface area (Å²) >= 11 is 0. The van der Waals surface area contributed by atoms with Crippen LogP contribution >= 0.6 is 0 Å². The highest BCUT2D eigenvalue weighted by Gasteiger charge is 2.21. The van der Waals surface area contributed by atoms with Gasteiger partial charge in [-0.05, 0) is 72.6 Å². The first-order valence-corrected chi connectivity index (χ1v) is 11.6. The number of aryl methyl sites for hydroxylation is 1. The maximum absolute atomic E-state index is 4.22. The van der Waals surface area contributed by atoms with Gasteiger partial charge in [-0.1, -0.05) is 80.8 Å². The summed E-state index contributed by atoms with van der Waals surface area (Å²) in [4.78, 5) is 0. The van der Waals surface area contributed by atoms with E-state index < -0.39 is 0 Å². The van der Waals surface area contributed by atoms with Crippen molar-refractivity contribution < 1.29 is 0 Å². The van der Waals surface area contributed by atoms with E-state index in [1.807, 2.05) is 12.3 Å². The molecule has 0 atom stereocenters. The van der Waals surface area contributed by atoms with Crippen LogP contribution in [0.15, 0.2) is 71.4 Å². The number of nitrogens with zero attached hydrogens (tertiary/aromatic N) is 2. The average Bonchev–Trinajstić information content (AvgIpc) is 2.81. The SMILES string of the molecule is C=CCCc1ccc(/C=N/N=C/c2ccc(C3CCC(CCCC)CC3)cc2)cc1. The Morgan fingerprint density at radius 1 is 0.867 bits per heavy atom. The molecule has 0 amide bonds. The van der Waals surface area contributed by atoms with Crippen molar-refractivity contribution in [3.05, 3.63) is 83.4 Å². The van der Waals surface area contributed by atoms with Gasteiger partial charge in [-0.2, -0.15) is 10.2 Å². The van der Waals surface area contributed by atoms with Crippen molar-refractivity contribution >= 4 is 12.4 Å². The molecular weight excluding hydrogens is 364 g/mol. The Bertz CT molecular complexity index is 807. The summed E-state index contributed by atoms with van der Waals surface area (Å²) in [6.45, 7) is 6.07. The standard InChI is InChI=1S/C28H36N2/c1-3-5-7-23-9-11-25(12-10-23)21-29-30-22-26-15-19-28(20-16-26)27-17-13-24(14-18-27)8-6-4-2/h3,9-12,15-16,19-22,24,27H,1,4-8,13-14,17-18H2,2H3/b29-21+,30-22+. The third-order valence-corrected chi connectivity index (χ3v) is 6.32. The van der Waals surface area contributed by atoms with Crippen LogP contribution in [-0.2, 0) is 6.42 Å².